The molecular formula is C17H15NO2. The summed E-state index contributed by atoms with van der Waals surface area (Å²) >= 11 is 0. The minimum atomic E-state index is -0.751. The van der Waals surface area contributed by atoms with Gasteiger partial charge in [-0.15, -0.1) is 0 Å². The van der Waals surface area contributed by atoms with E-state index in [4.69, 9.17) is 0 Å². The molecule has 1 atom stereocenters. The summed E-state index contributed by atoms with van der Waals surface area (Å²) in [5, 5.41) is 2.94. The van der Waals surface area contributed by atoms with Gasteiger partial charge in [-0.3, -0.25) is 4.79 Å². The maximum absolute atomic E-state index is 12.6. The van der Waals surface area contributed by atoms with E-state index in [1.165, 1.54) is 0 Å². The second-order valence-corrected chi connectivity index (χ2v) is 4.98. The summed E-state index contributed by atoms with van der Waals surface area (Å²) in [4.78, 5) is 23.5. The van der Waals surface area contributed by atoms with E-state index in [-0.39, 0.29) is 5.91 Å². The number of rotatable bonds is 4. The fourth-order valence-corrected chi connectivity index (χ4v) is 2.99. The second-order valence-electron chi connectivity index (χ2n) is 4.98. The maximum atomic E-state index is 12.6. The first-order valence-corrected chi connectivity index (χ1v) is 6.69. The molecule has 100 valence electrons. The average molecular weight is 265 g/mol. The third-order valence-corrected chi connectivity index (χ3v) is 3.93. The van der Waals surface area contributed by atoms with E-state index in [0.29, 0.717) is 12.8 Å². The molecule has 3 rings (SSSR count). The minimum absolute atomic E-state index is 0.0493. The number of carbonyl (C=O) groups excluding carboxylic acids is 2. The lowest BCUT2D eigenvalue weighted by molar-refractivity contribution is -0.119. The number of benzene rings is 2. The summed E-state index contributed by atoms with van der Waals surface area (Å²) in [5.41, 5.74) is 1.98. The zero-order chi connectivity index (χ0) is 14.0. The van der Waals surface area contributed by atoms with Crippen LogP contribution in [0.1, 0.15) is 24.0 Å². The van der Waals surface area contributed by atoms with Crippen LogP contribution in [0.15, 0.2) is 54.6 Å². The van der Waals surface area contributed by atoms with Crippen LogP contribution in [0.5, 0.6) is 0 Å². The first-order chi connectivity index (χ1) is 9.79. The van der Waals surface area contributed by atoms with Gasteiger partial charge < -0.3 is 10.1 Å². The Labute approximate surface area is 117 Å². The number of hydrogen-bond acceptors (Lipinski definition) is 2. The largest absolute Gasteiger partial charge is 0.325 e. The van der Waals surface area contributed by atoms with Gasteiger partial charge in [-0.25, -0.2) is 0 Å². The van der Waals surface area contributed by atoms with Crippen LogP contribution >= 0.6 is 0 Å². The molecule has 1 amide bonds. The van der Waals surface area contributed by atoms with Crippen molar-refractivity contribution in [3.63, 3.8) is 0 Å². The van der Waals surface area contributed by atoms with Crippen molar-refractivity contribution >= 4 is 17.9 Å². The molecule has 0 saturated carbocycles. The van der Waals surface area contributed by atoms with Gasteiger partial charge in [0.25, 0.3) is 0 Å². The summed E-state index contributed by atoms with van der Waals surface area (Å²) in [6, 6.07) is 17.4. The Kier molecular flexibility index (Phi) is 3.11. The Morgan fingerprint density at radius 1 is 1.00 bits per heavy atom. The van der Waals surface area contributed by atoms with Crippen molar-refractivity contribution in [2.75, 3.05) is 5.32 Å². The van der Waals surface area contributed by atoms with E-state index in [1.54, 1.807) is 0 Å². The lowest BCUT2D eigenvalue weighted by atomic mass is 9.72. The van der Waals surface area contributed by atoms with Crippen LogP contribution in [0.3, 0.4) is 0 Å². The summed E-state index contributed by atoms with van der Waals surface area (Å²) in [5.74, 6) is -0.0493. The molecule has 20 heavy (non-hydrogen) atoms. The van der Waals surface area contributed by atoms with Crippen LogP contribution < -0.4 is 5.32 Å². The Balaban J connectivity index is 2.21. The number of para-hydroxylation sites is 1. The molecule has 1 N–H and O–H groups in total. The lowest BCUT2D eigenvalue weighted by Gasteiger charge is -2.27. The highest BCUT2D eigenvalue weighted by molar-refractivity contribution is 6.08. The summed E-state index contributed by atoms with van der Waals surface area (Å²) in [7, 11) is 0. The monoisotopic (exact) mass is 265 g/mol. The van der Waals surface area contributed by atoms with E-state index in [1.807, 2.05) is 54.6 Å². The number of aldehydes is 1. The molecule has 0 unspecified atom stereocenters. The fourth-order valence-electron chi connectivity index (χ4n) is 2.99. The van der Waals surface area contributed by atoms with Crippen molar-refractivity contribution in [3.05, 3.63) is 65.7 Å². The average Bonchev–Trinajstić information content (AvgIpc) is 2.79. The van der Waals surface area contributed by atoms with Crippen molar-refractivity contribution in [2.45, 2.75) is 18.3 Å². The number of anilines is 1. The molecule has 1 aliphatic heterocycles. The van der Waals surface area contributed by atoms with E-state index >= 15 is 0 Å². The van der Waals surface area contributed by atoms with Crippen LogP contribution in [0.2, 0.25) is 0 Å². The molecule has 0 bridgehead atoms. The van der Waals surface area contributed by atoms with Gasteiger partial charge in [-0.2, -0.15) is 0 Å². The molecule has 2 aromatic carbocycles. The van der Waals surface area contributed by atoms with Crippen molar-refractivity contribution in [2.24, 2.45) is 0 Å². The maximum Gasteiger partial charge on any atom is 0.239 e. The third kappa shape index (κ3) is 1.74. The van der Waals surface area contributed by atoms with Crippen LogP contribution in [-0.4, -0.2) is 12.2 Å². The Hall–Kier alpha value is -2.42. The summed E-state index contributed by atoms with van der Waals surface area (Å²) < 4.78 is 0. The highest BCUT2D eigenvalue weighted by Crippen LogP contribution is 2.45. The molecule has 2 aromatic rings. The first kappa shape index (κ1) is 12.6. The Morgan fingerprint density at radius 3 is 2.45 bits per heavy atom. The number of nitrogens with one attached hydrogen (secondary N) is 1. The van der Waals surface area contributed by atoms with Gasteiger partial charge in [-0.05, 0) is 23.6 Å². The second kappa shape index (κ2) is 4.93. The van der Waals surface area contributed by atoms with E-state index in [0.717, 1.165) is 23.1 Å². The predicted molar refractivity (Wildman–Crippen MR) is 77.6 cm³/mol. The molecule has 0 saturated heterocycles. The lowest BCUT2D eigenvalue weighted by Crippen LogP contribution is -2.35. The molecule has 0 fully saturated rings. The quantitative estimate of drug-likeness (QED) is 0.864. The Bertz CT molecular complexity index is 651. The van der Waals surface area contributed by atoms with Crippen molar-refractivity contribution < 1.29 is 9.59 Å². The van der Waals surface area contributed by atoms with Crippen molar-refractivity contribution in [1.82, 2.24) is 0 Å². The normalized spacial score (nSPS) is 20.3. The Morgan fingerprint density at radius 2 is 1.70 bits per heavy atom. The topological polar surface area (TPSA) is 46.2 Å². The number of carbonyl (C=O) groups is 2. The molecule has 3 nitrogen and oxygen atoms in total. The zero-order valence-corrected chi connectivity index (χ0v) is 11.0. The molecular weight excluding hydrogens is 250 g/mol. The highest BCUT2D eigenvalue weighted by Gasteiger charge is 2.47. The van der Waals surface area contributed by atoms with E-state index < -0.39 is 5.41 Å². The fraction of sp³-hybridized carbons (Fsp3) is 0.176. The zero-order valence-electron chi connectivity index (χ0n) is 11.0. The number of fused-ring (bicyclic) bond motifs is 1. The van der Waals surface area contributed by atoms with Gasteiger partial charge >= 0.3 is 0 Å². The van der Waals surface area contributed by atoms with Crippen LogP contribution in [0.4, 0.5) is 5.69 Å². The van der Waals surface area contributed by atoms with Crippen LogP contribution in [-0.2, 0) is 15.0 Å². The van der Waals surface area contributed by atoms with Gasteiger partial charge in [0.2, 0.25) is 5.91 Å². The van der Waals surface area contributed by atoms with Gasteiger partial charge in [0.1, 0.15) is 11.7 Å². The smallest absolute Gasteiger partial charge is 0.239 e. The standard InChI is InChI=1S/C17H15NO2/c19-12-6-11-17(13-7-2-1-3-8-13)14-9-4-5-10-15(14)18-16(17)20/h1-5,7-10,12H,6,11H2,(H,18,20)/t17-/m1/s1. The van der Waals surface area contributed by atoms with Gasteiger partial charge in [0.05, 0.1) is 0 Å². The molecule has 1 aliphatic rings. The van der Waals surface area contributed by atoms with Gasteiger partial charge in [-0.1, -0.05) is 48.5 Å². The minimum Gasteiger partial charge on any atom is -0.325 e. The van der Waals surface area contributed by atoms with E-state index in [2.05, 4.69) is 5.32 Å². The number of amides is 1. The van der Waals surface area contributed by atoms with Crippen LogP contribution in [0.25, 0.3) is 0 Å². The van der Waals surface area contributed by atoms with Crippen LogP contribution in [0, 0.1) is 0 Å². The van der Waals surface area contributed by atoms with Crippen molar-refractivity contribution in [1.29, 1.82) is 0 Å². The third-order valence-electron chi connectivity index (χ3n) is 3.93. The molecule has 3 heteroatoms. The van der Waals surface area contributed by atoms with Gasteiger partial charge in [0.15, 0.2) is 0 Å². The molecule has 0 aromatic heterocycles. The summed E-state index contributed by atoms with van der Waals surface area (Å²) in [6.45, 7) is 0. The number of hydrogen-bond donors (Lipinski definition) is 1. The summed E-state index contributed by atoms with van der Waals surface area (Å²) in [6.07, 6.45) is 1.72. The predicted octanol–water partition coefficient (Wildman–Crippen LogP) is 2.90. The molecule has 0 radical (unpaired) electrons. The molecule has 0 aliphatic carbocycles. The molecule has 0 spiro atoms. The van der Waals surface area contributed by atoms with Crippen molar-refractivity contribution in [3.8, 4) is 0 Å². The van der Waals surface area contributed by atoms with E-state index in [9.17, 15) is 9.59 Å². The van der Waals surface area contributed by atoms with Gasteiger partial charge in [0, 0.05) is 12.1 Å². The first-order valence-electron chi connectivity index (χ1n) is 6.69. The molecule has 1 heterocycles. The SMILES string of the molecule is O=CCC[C@]1(c2ccccc2)C(=O)Nc2ccccc21. The highest BCUT2D eigenvalue weighted by atomic mass is 16.2.